The molecule has 0 atom stereocenters. The summed E-state index contributed by atoms with van der Waals surface area (Å²) in [7, 11) is 19.3. The summed E-state index contributed by atoms with van der Waals surface area (Å²) in [4.78, 5) is 31.2. The molecular formula is C78H181N9O. The van der Waals surface area contributed by atoms with Gasteiger partial charge in [0.1, 0.15) is 0 Å². The lowest BCUT2D eigenvalue weighted by molar-refractivity contribution is -0.126. The van der Waals surface area contributed by atoms with Crippen molar-refractivity contribution in [2.75, 3.05) is 162 Å². The van der Waals surface area contributed by atoms with E-state index in [1.807, 2.05) is 132 Å². The van der Waals surface area contributed by atoms with Crippen LogP contribution in [0, 0.1) is 0 Å². The minimum Gasteiger partial charge on any atom is -0.378 e. The number of hydrogen-bond donors (Lipinski definition) is 0. The molecule has 0 radical (unpaired) electrons. The van der Waals surface area contributed by atoms with E-state index >= 15 is 0 Å². The molecule has 9 aliphatic rings. The van der Waals surface area contributed by atoms with Crippen LogP contribution in [-0.2, 0) is 4.79 Å². The molecular weight excluding hydrogens is 1080 g/mol. The van der Waals surface area contributed by atoms with Gasteiger partial charge < -0.3 is 44.1 Å². The van der Waals surface area contributed by atoms with E-state index in [1.54, 1.807) is 4.90 Å². The number of carbonyl (C=O) groups excluding carboxylic acids is 1. The Morgan fingerprint density at radius 3 is 0.523 bits per heavy atom. The van der Waals surface area contributed by atoms with Crippen molar-refractivity contribution in [3.05, 3.63) is 24.6 Å². The van der Waals surface area contributed by atoms with Gasteiger partial charge in [0.2, 0.25) is 5.91 Å². The van der Waals surface area contributed by atoms with Gasteiger partial charge in [-0.3, -0.25) is 4.79 Å². The van der Waals surface area contributed by atoms with Crippen molar-refractivity contribution in [1.29, 1.82) is 0 Å². The standard InChI is InChI=1S/C8H15N.C7H13N.3C7H15N.2C6H13N.C5H9NO.C5H11N.9C2H6.2CH4/c1-8-6-4-3-5-7-9(8)2;1-7-5-3-4-6-8(7)2;3*1-8-6-4-2-3-5-7-8;2*1-7-5-3-2-4-6-7;1-6-4-2-3-5(6)7;1-6-4-2-3-5-6;9*1-2;;/h1,3-7H2,2H3;1,3-6H2,2H3;3*2-7H2,1H3;2*2-6H2,1H3;2-4H2,1H3;2-5H2,1H3;9*1-2H3;2*1H4. The van der Waals surface area contributed by atoms with Gasteiger partial charge in [0, 0.05) is 58.6 Å². The minimum atomic E-state index is 0. The van der Waals surface area contributed by atoms with Crippen LogP contribution in [0.5, 0.6) is 0 Å². The number of nitrogens with zero attached hydrogens (tertiary/aromatic N) is 9. The van der Waals surface area contributed by atoms with Crippen LogP contribution in [0.2, 0.25) is 0 Å². The molecule has 0 aromatic rings. The summed E-state index contributed by atoms with van der Waals surface area (Å²) in [6.07, 6.45) is 39.5. The Morgan fingerprint density at radius 1 is 0.205 bits per heavy atom. The molecule has 1 amide bonds. The normalized spacial score (nSPS) is 19.1. The van der Waals surface area contributed by atoms with Gasteiger partial charge in [-0.2, -0.15) is 0 Å². The fourth-order valence-electron chi connectivity index (χ4n) is 9.68. The van der Waals surface area contributed by atoms with Crippen molar-refractivity contribution in [2.24, 2.45) is 0 Å². The predicted octanol–water partition coefficient (Wildman–Crippen LogP) is 21.8. The smallest absolute Gasteiger partial charge is 0.222 e. The highest BCUT2D eigenvalue weighted by atomic mass is 16.2. The van der Waals surface area contributed by atoms with Gasteiger partial charge in [0.25, 0.3) is 0 Å². The van der Waals surface area contributed by atoms with Crippen molar-refractivity contribution in [3.8, 4) is 0 Å². The number of likely N-dealkylation sites (tertiary alicyclic amines) is 9. The first-order valence-corrected chi connectivity index (χ1v) is 37.9. The minimum absolute atomic E-state index is 0. The van der Waals surface area contributed by atoms with E-state index in [4.69, 9.17) is 0 Å². The fraction of sp³-hybridized carbons (Fsp3) is 0.936. The molecule has 0 aromatic carbocycles. The van der Waals surface area contributed by atoms with Crippen LogP contribution >= 0.6 is 0 Å². The highest BCUT2D eigenvalue weighted by Crippen LogP contribution is 2.17. The Kier molecular flexibility index (Phi) is 124. The summed E-state index contributed by atoms with van der Waals surface area (Å²) >= 11 is 0. The molecule has 9 aliphatic heterocycles. The zero-order valence-electron chi connectivity index (χ0n) is 65.5. The average molecular weight is 1260 g/mol. The zero-order valence-corrected chi connectivity index (χ0v) is 65.5. The Morgan fingerprint density at radius 2 is 0.352 bits per heavy atom. The second kappa shape index (κ2) is 98.9. The molecule has 9 fully saturated rings. The lowest BCUT2D eigenvalue weighted by Crippen LogP contribution is -2.24. The largest absolute Gasteiger partial charge is 0.378 e. The Hall–Kier alpha value is -1.69. The summed E-state index contributed by atoms with van der Waals surface area (Å²) in [5, 5.41) is 0. The molecule has 9 heterocycles. The third-order valence-corrected chi connectivity index (χ3v) is 15.0. The topological polar surface area (TPSA) is 46.2 Å². The van der Waals surface area contributed by atoms with Crippen LogP contribution in [0.3, 0.4) is 0 Å². The molecule has 10 heteroatoms. The molecule has 0 aliphatic carbocycles. The van der Waals surface area contributed by atoms with Gasteiger partial charge in [-0.25, -0.2) is 0 Å². The lowest BCUT2D eigenvalue weighted by Gasteiger charge is -2.26. The van der Waals surface area contributed by atoms with E-state index in [-0.39, 0.29) is 14.9 Å². The summed E-state index contributed by atoms with van der Waals surface area (Å²) in [6.45, 7) is 63.1. The molecule has 0 N–H and O–H groups in total. The van der Waals surface area contributed by atoms with E-state index in [2.05, 4.69) is 109 Å². The lowest BCUT2D eigenvalue weighted by atomic mass is 10.1. The SMILES string of the molecule is C.C.C=C1CCCCCN1C.C=C1CCCCN1C.CC.CC.CC.CC.CC.CC.CC.CC.CC.CN1CCCC1.CN1CCCC1=O.CN1CCCCC1.CN1CCCCC1.CN1CCCCCC1.CN1CCCCCC1.CN1CCCCCC1. The first-order chi connectivity index (χ1) is 41.8. The van der Waals surface area contributed by atoms with Gasteiger partial charge in [-0.1, -0.05) is 210 Å². The summed E-state index contributed by atoms with van der Waals surface area (Å²) < 4.78 is 0. The molecule has 88 heavy (non-hydrogen) atoms. The van der Waals surface area contributed by atoms with Crippen LogP contribution < -0.4 is 0 Å². The van der Waals surface area contributed by atoms with Gasteiger partial charge in [0.15, 0.2) is 0 Å². The van der Waals surface area contributed by atoms with E-state index in [0.29, 0.717) is 5.91 Å². The maximum Gasteiger partial charge on any atom is 0.222 e. The first-order valence-electron chi connectivity index (χ1n) is 37.9. The maximum atomic E-state index is 10.5. The van der Waals surface area contributed by atoms with Crippen molar-refractivity contribution >= 4 is 5.91 Å². The van der Waals surface area contributed by atoms with Crippen LogP contribution in [0.15, 0.2) is 24.6 Å². The Bertz CT molecular complexity index is 1090. The van der Waals surface area contributed by atoms with Crippen LogP contribution in [0.25, 0.3) is 0 Å². The third-order valence-electron chi connectivity index (χ3n) is 15.0. The summed E-state index contributed by atoms with van der Waals surface area (Å²) in [5.41, 5.74) is 2.61. The second-order valence-electron chi connectivity index (χ2n) is 22.1. The van der Waals surface area contributed by atoms with E-state index in [0.717, 1.165) is 19.4 Å². The van der Waals surface area contributed by atoms with Crippen molar-refractivity contribution in [1.82, 2.24) is 44.1 Å². The van der Waals surface area contributed by atoms with Gasteiger partial charge in [-0.05, 0) is 243 Å². The molecule has 0 aromatic heterocycles. The Balaban J connectivity index is -0.0000000814. The van der Waals surface area contributed by atoms with Crippen LogP contribution in [0.4, 0.5) is 0 Å². The highest BCUT2D eigenvalue weighted by Gasteiger charge is 2.14. The van der Waals surface area contributed by atoms with E-state index < -0.39 is 0 Å². The summed E-state index contributed by atoms with van der Waals surface area (Å²) in [6, 6.07) is 0. The molecule has 10 nitrogen and oxygen atoms in total. The zero-order chi connectivity index (χ0) is 68.0. The monoisotopic (exact) mass is 1260 g/mol. The predicted molar refractivity (Wildman–Crippen MR) is 416 cm³/mol. The molecule has 0 spiro atoms. The second-order valence-corrected chi connectivity index (χ2v) is 22.1. The van der Waals surface area contributed by atoms with Crippen molar-refractivity contribution < 1.29 is 4.79 Å². The van der Waals surface area contributed by atoms with Gasteiger partial charge in [0.05, 0.1) is 0 Å². The summed E-state index contributed by atoms with van der Waals surface area (Å²) in [5.74, 6) is 0.292. The molecule has 9 saturated heterocycles. The average Bonchev–Trinajstić information content (AvgIpc) is 3.79. The molecule has 0 unspecified atom stereocenters. The number of carbonyl (C=O) groups is 1. The van der Waals surface area contributed by atoms with E-state index in [9.17, 15) is 4.79 Å². The fourth-order valence-corrected chi connectivity index (χ4v) is 9.68. The first kappa shape index (κ1) is 111. The van der Waals surface area contributed by atoms with Crippen LogP contribution in [0.1, 0.15) is 326 Å². The van der Waals surface area contributed by atoms with E-state index in [1.165, 1.54) is 276 Å². The molecule has 0 saturated carbocycles. The Labute approximate surface area is 564 Å². The van der Waals surface area contributed by atoms with Gasteiger partial charge in [-0.15, -0.1) is 0 Å². The van der Waals surface area contributed by atoms with Crippen LogP contribution in [-0.4, -0.2) is 212 Å². The third kappa shape index (κ3) is 88.5. The number of rotatable bonds is 0. The molecule has 544 valence electrons. The number of piperidine rings is 3. The van der Waals surface area contributed by atoms with Crippen molar-refractivity contribution in [2.45, 2.75) is 326 Å². The molecule has 9 rings (SSSR count). The quantitative estimate of drug-likeness (QED) is 0.236. The highest BCUT2D eigenvalue weighted by molar-refractivity contribution is 5.77. The van der Waals surface area contributed by atoms with Gasteiger partial charge >= 0.3 is 0 Å². The molecule has 0 bridgehead atoms. The number of amides is 1. The maximum absolute atomic E-state index is 10.5. The van der Waals surface area contributed by atoms with Crippen molar-refractivity contribution in [3.63, 3.8) is 0 Å². The number of hydrogen-bond acceptors (Lipinski definition) is 9. The number of allylic oxidation sites excluding steroid dienone is 2.